The summed E-state index contributed by atoms with van der Waals surface area (Å²) in [6.07, 6.45) is 15.6. The molecule has 0 amide bonds. The topological polar surface area (TPSA) is 0 Å². The van der Waals surface area contributed by atoms with E-state index < -0.39 is 0 Å². The zero-order valence-corrected chi connectivity index (χ0v) is 15.9. The van der Waals surface area contributed by atoms with Gasteiger partial charge in [-0.1, -0.05) is 77.6 Å². The van der Waals surface area contributed by atoms with Crippen LogP contribution in [0.4, 0.5) is 0 Å². The zero-order chi connectivity index (χ0) is 15.7. The molecular formula is C22H34Fe-6. The Labute approximate surface area is 154 Å². The second kappa shape index (κ2) is 17.6. The fourth-order valence-corrected chi connectivity index (χ4v) is 2.72. The van der Waals surface area contributed by atoms with Gasteiger partial charge in [0.2, 0.25) is 0 Å². The standard InChI is InChI=1S/C17H29.C5H5.Fe/c1-2-3-4-5-6-7-8-9-10-11-14-17-15-12-13-16-17;1-2-4-5-3-1;/h12-13,15-16H,2-11,14H2,1H3;1-5H;/q-1;-5;. The predicted molar refractivity (Wildman–Crippen MR) is 99.6 cm³/mol. The molecule has 0 atom stereocenters. The van der Waals surface area contributed by atoms with Gasteiger partial charge in [0.25, 0.3) is 0 Å². The molecule has 0 heterocycles. The first-order chi connectivity index (χ1) is 10.9. The van der Waals surface area contributed by atoms with Crippen molar-refractivity contribution in [1.82, 2.24) is 0 Å². The Kier molecular flexibility index (Phi) is 17.0. The smallest absolute Gasteiger partial charge is 0 e. The first-order valence-corrected chi connectivity index (χ1v) is 9.30. The second-order valence-electron chi connectivity index (χ2n) is 6.19. The third-order valence-corrected chi connectivity index (χ3v) is 4.11. The van der Waals surface area contributed by atoms with Gasteiger partial charge in [0.15, 0.2) is 0 Å². The van der Waals surface area contributed by atoms with E-state index in [1.807, 2.05) is 30.3 Å². The molecule has 0 bridgehead atoms. The Bertz CT molecular complexity index is 368. The minimum absolute atomic E-state index is 0. The molecule has 0 saturated heterocycles. The SMILES string of the molecule is CCCCCCCCCCCC[c-]1cccc1.[Fe].[cH-]1[cH-][cH-][cH-][cH-]1. The van der Waals surface area contributed by atoms with E-state index >= 15 is 0 Å². The maximum absolute atomic E-state index is 2.28. The molecule has 2 aromatic carbocycles. The number of aryl methyl sites for hydroxylation is 1. The first kappa shape index (κ1) is 22.2. The average Bonchev–Trinajstić information content (AvgIpc) is 3.25. The average molecular weight is 354 g/mol. The number of rotatable bonds is 11. The fraction of sp³-hybridized carbons (Fsp3) is 0.545. The van der Waals surface area contributed by atoms with Crippen LogP contribution in [0.2, 0.25) is 0 Å². The molecule has 0 fully saturated rings. The van der Waals surface area contributed by atoms with Crippen molar-refractivity contribution < 1.29 is 17.1 Å². The van der Waals surface area contributed by atoms with Crippen molar-refractivity contribution in [3.63, 3.8) is 0 Å². The van der Waals surface area contributed by atoms with Crippen LogP contribution < -0.4 is 0 Å². The van der Waals surface area contributed by atoms with Crippen LogP contribution in [0.25, 0.3) is 0 Å². The van der Waals surface area contributed by atoms with E-state index in [0.29, 0.717) is 0 Å². The van der Waals surface area contributed by atoms with Crippen molar-refractivity contribution >= 4 is 0 Å². The van der Waals surface area contributed by atoms with Crippen molar-refractivity contribution in [3.8, 4) is 0 Å². The van der Waals surface area contributed by atoms with Gasteiger partial charge in [0, 0.05) is 17.1 Å². The van der Waals surface area contributed by atoms with Crippen LogP contribution in [0.15, 0.2) is 54.6 Å². The van der Waals surface area contributed by atoms with Gasteiger partial charge < -0.3 is 30.3 Å². The summed E-state index contributed by atoms with van der Waals surface area (Å²) in [5.74, 6) is 0. The van der Waals surface area contributed by atoms with Crippen LogP contribution in [0.5, 0.6) is 0 Å². The molecule has 0 N–H and O–H groups in total. The van der Waals surface area contributed by atoms with E-state index in [4.69, 9.17) is 0 Å². The van der Waals surface area contributed by atoms with E-state index in [-0.39, 0.29) is 17.1 Å². The van der Waals surface area contributed by atoms with Crippen LogP contribution in [-0.2, 0) is 23.5 Å². The van der Waals surface area contributed by atoms with Gasteiger partial charge in [-0.05, 0) is 0 Å². The van der Waals surface area contributed by atoms with E-state index in [0.717, 1.165) is 0 Å². The number of hydrogen-bond acceptors (Lipinski definition) is 0. The van der Waals surface area contributed by atoms with Gasteiger partial charge in [-0.15, -0.1) is 0 Å². The molecule has 0 aliphatic rings. The molecule has 0 nitrogen and oxygen atoms in total. The Morgan fingerprint density at radius 2 is 1.00 bits per heavy atom. The van der Waals surface area contributed by atoms with Crippen molar-refractivity contribution in [2.45, 2.75) is 77.6 Å². The number of hydrogen-bond donors (Lipinski definition) is 0. The zero-order valence-electron chi connectivity index (χ0n) is 14.8. The van der Waals surface area contributed by atoms with Gasteiger partial charge >= 0.3 is 0 Å². The van der Waals surface area contributed by atoms with E-state index in [1.165, 1.54) is 76.2 Å². The third-order valence-electron chi connectivity index (χ3n) is 4.11. The van der Waals surface area contributed by atoms with Gasteiger partial charge in [0.05, 0.1) is 0 Å². The summed E-state index contributed by atoms with van der Waals surface area (Å²) in [7, 11) is 0. The summed E-state index contributed by atoms with van der Waals surface area (Å²) in [5.41, 5.74) is 1.52. The van der Waals surface area contributed by atoms with Crippen molar-refractivity contribution in [2.24, 2.45) is 0 Å². The molecule has 0 aromatic heterocycles. The van der Waals surface area contributed by atoms with Crippen LogP contribution in [0.1, 0.15) is 76.7 Å². The number of unbranched alkanes of at least 4 members (excludes halogenated alkanes) is 9. The summed E-state index contributed by atoms with van der Waals surface area (Å²) in [4.78, 5) is 0. The summed E-state index contributed by atoms with van der Waals surface area (Å²) in [6, 6.07) is 18.8. The van der Waals surface area contributed by atoms with E-state index in [2.05, 4.69) is 31.2 Å². The van der Waals surface area contributed by atoms with Crippen molar-refractivity contribution in [3.05, 3.63) is 60.2 Å². The first-order valence-electron chi connectivity index (χ1n) is 9.30. The largest absolute Gasteiger partial charge is 0.748 e. The normalized spacial score (nSPS) is 9.78. The maximum atomic E-state index is 2.28. The Balaban J connectivity index is 0.000000684. The van der Waals surface area contributed by atoms with Gasteiger partial charge in [-0.25, -0.2) is 12.1 Å². The molecule has 136 valence electrons. The maximum Gasteiger partial charge on any atom is 0 e. The molecule has 0 aliphatic carbocycles. The Morgan fingerprint density at radius 3 is 1.43 bits per heavy atom. The minimum Gasteiger partial charge on any atom is -0.748 e. The van der Waals surface area contributed by atoms with Gasteiger partial charge in [-0.2, -0.15) is 17.7 Å². The Hall–Kier alpha value is -0.781. The molecule has 2 rings (SSSR count). The van der Waals surface area contributed by atoms with Crippen molar-refractivity contribution in [2.75, 3.05) is 0 Å². The molecule has 1 heteroatoms. The molecular weight excluding hydrogens is 320 g/mol. The van der Waals surface area contributed by atoms with Crippen LogP contribution in [0, 0.1) is 0 Å². The molecule has 0 saturated carbocycles. The minimum atomic E-state index is 0. The summed E-state index contributed by atoms with van der Waals surface area (Å²) in [5, 5.41) is 0. The monoisotopic (exact) mass is 354 g/mol. The van der Waals surface area contributed by atoms with Crippen LogP contribution >= 0.6 is 0 Å². The summed E-state index contributed by atoms with van der Waals surface area (Å²) >= 11 is 0. The Morgan fingerprint density at radius 1 is 0.609 bits per heavy atom. The van der Waals surface area contributed by atoms with Crippen LogP contribution in [-0.4, -0.2) is 0 Å². The molecule has 0 aliphatic heterocycles. The molecule has 23 heavy (non-hydrogen) atoms. The quantitative estimate of drug-likeness (QED) is 0.226. The summed E-state index contributed by atoms with van der Waals surface area (Å²) < 4.78 is 0. The second-order valence-corrected chi connectivity index (χ2v) is 6.19. The van der Waals surface area contributed by atoms with Crippen LogP contribution in [0.3, 0.4) is 0 Å². The van der Waals surface area contributed by atoms with E-state index in [1.54, 1.807) is 0 Å². The predicted octanol–water partition coefficient (Wildman–Crippen LogP) is 7.27. The third kappa shape index (κ3) is 14.5. The molecule has 2 aromatic rings. The molecule has 0 spiro atoms. The van der Waals surface area contributed by atoms with Gasteiger partial charge in [-0.3, -0.25) is 0 Å². The van der Waals surface area contributed by atoms with Gasteiger partial charge in [0.1, 0.15) is 0 Å². The van der Waals surface area contributed by atoms with Crippen molar-refractivity contribution in [1.29, 1.82) is 0 Å². The molecule has 0 radical (unpaired) electrons. The van der Waals surface area contributed by atoms with E-state index in [9.17, 15) is 0 Å². The fourth-order valence-electron chi connectivity index (χ4n) is 2.72. The summed E-state index contributed by atoms with van der Waals surface area (Å²) in [6.45, 7) is 2.28. The molecule has 0 unspecified atom stereocenters.